The monoisotopic (exact) mass is 427 g/mol. The van der Waals surface area contributed by atoms with E-state index in [2.05, 4.69) is 0 Å². The van der Waals surface area contributed by atoms with Crippen LogP contribution in [0.4, 0.5) is 4.39 Å². The first-order valence-electron chi connectivity index (χ1n) is 10.3. The fraction of sp³-hybridized carbons (Fsp3) is 0.409. The van der Waals surface area contributed by atoms with Gasteiger partial charge in [-0.05, 0) is 48.2 Å². The van der Waals surface area contributed by atoms with Gasteiger partial charge in [0, 0.05) is 31.5 Å². The van der Waals surface area contributed by atoms with Gasteiger partial charge in [-0.3, -0.25) is 19.0 Å². The summed E-state index contributed by atoms with van der Waals surface area (Å²) in [6.45, 7) is 0.831. The quantitative estimate of drug-likeness (QED) is 0.769. The Bertz CT molecular complexity index is 1110. The van der Waals surface area contributed by atoms with Crippen LogP contribution in [0.3, 0.4) is 0 Å². The van der Waals surface area contributed by atoms with Crippen LogP contribution >= 0.6 is 0 Å². The molecule has 0 radical (unpaired) electrons. The summed E-state index contributed by atoms with van der Waals surface area (Å²) in [4.78, 5) is 42.2. The lowest BCUT2D eigenvalue weighted by Crippen LogP contribution is -2.46. The molecule has 1 aromatic heterocycles. The van der Waals surface area contributed by atoms with Crippen molar-refractivity contribution in [3.8, 4) is 5.69 Å². The predicted octanol–water partition coefficient (Wildman–Crippen LogP) is 0.467. The van der Waals surface area contributed by atoms with Crippen molar-refractivity contribution in [3.05, 3.63) is 63.3 Å². The second kappa shape index (κ2) is 7.58. The molecule has 8 nitrogen and oxygen atoms in total. The Hall–Kier alpha value is -3.04. The predicted molar refractivity (Wildman–Crippen MR) is 107 cm³/mol. The van der Waals surface area contributed by atoms with Gasteiger partial charge in [0.2, 0.25) is 5.91 Å². The number of benzene rings is 1. The van der Waals surface area contributed by atoms with E-state index in [9.17, 15) is 23.9 Å². The number of fused-ring (bicyclic) bond motifs is 3. The second-order valence-electron chi connectivity index (χ2n) is 8.19. The van der Waals surface area contributed by atoms with Crippen molar-refractivity contribution in [1.29, 1.82) is 0 Å². The summed E-state index contributed by atoms with van der Waals surface area (Å²) in [6, 6.07) is 5.41. The van der Waals surface area contributed by atoms with Gasteiger partial charge in [0.1, 0.15) is 18.0 Å². The molecule has 162 valence electrons. The highest BCUT2D eigenvalue weighted by Crippen LogP contribution is 2.30. The maximum Gasteiger partial charge on any atom is 0.268 e. The maximum absolute atomic E-state index is 13.5. The normalized spacial score (nSPS) is 22.0. The SMILES string of the molecule is O=C(CO)N1CCc2c(cn(-c3ccc(F)cc3)c(=O)c2C(=O)N2C[C@H]3C[C@@H]2CO3)C1. The minimum Gasteiger partial charge on any atom is -0.387 e. The number of carbonyl (C=O) groups is 2. The number of rotatable bonds is 3. The summed E-state index contributed by atoms with van der Waals surface area (Å²) in [7, 11) is 0. The molecule has 5 rings (SSSR count). The van der Waals surface area contributed by atoms with Gasteiger partial charge in [-0.25, -0.2) is 4.39 Å². The molecule has 0 unspecified atom stereocenters. The number of carbonyl (C=O) groups excluding carboxylic acids is 2. The molecule has 0 aliphatic carbocycles. The third kappa shape index (κ3) is 3.34. The number of aliphatic hydroxyl groups is 1. The van der Waals surface area contributed by atoms with Crippen molar-refractivity contribution >= 4 is 11.8 Å². The highest BCUT2D eigenvalue weighted by molar-refractivity contribution is 5.96. The lowest BCUT2D eigenvalue weighted by Gasteiger charge is -2.32. The van der Waals surface area contributed by atoms with Crippen LogP contribution in [0.15, 0.2) is 35.3 Å². The molecule has 2 fully saturated rings. The number of hydrogen-bond donors (Lipinski definition) is 1. The van der Waals surface area contributed by atoms with Crippen LogP contribution in [-0.4, -0.2) is 69.7 Å². The first-order chi connectivity index (χ1) is 15.0. The molecule has 1 aromatic carbocycles. The van der Waals surface area contributed by atoms with E-state index in [1.807, 2.05) is 0 Å². The average molecular weight is 427 g/mol. The van der Waals surface area contributed by atoms with Gasteiger partial charge in [-0.1, -0.05) is 0 Å². The van der Waals surface area contributed by atoms with Crippen LogP contribution in [0.1, 0.15) is 27.9 Å². The largest absolute Gasteiger partial charge is 0.387 e. The van der Waals surface area contributed by atoms with Crippen molar-refractivity contribution in [2.45, 2.75) is 31.5 Å². The number of nitrogens with zero attached hydrogens (tertiary/aromatic N) is 3. The zero-order valence-corrected chi connectivity index (χ0v) is 16.8. The maximum atomic E-state index is 13.5. The highest BCUT2D eigenvalue weighted by Gasteiger charge is 2.43. The van der Waals surface area contributed by atoms with E-state index in [0.717, 1.165) is 6.42 Å². The second-order valence-corrected chi connectivity index (χ2v) is 8.19. The molecule has 2 amide bonds. The van der Waals surface area contributed by atoms with Crippen LogP contribution in [-0.2, 0) is 22.5 Å². The Labute approximate surface area is 177 Å². The lowest BCUT2D eigenvalue weighted by molar-refractivity contribution is -0.135. The van der Waals surface area contributed by atoms with Crippen LogP contribution in [0, 0.1) is 5.82 Å². The van der Waals surface area contributed by atoms with E-state index in [-0.39, 0.29) is 30.2 Å². The van der Waals surface area contributed by atoms with Gasteiger partial charge < -0.3 is 19.6 Å². The molecule has 4 heterocycles. The molecular formula is C22H22FN3O5. The van der Waals surface area contributed by atoms with E-state index >= 15 is 0 Å². The first kappa shape index (κ1) is 19.9. The third-order valence-electron chi connectivity index (χ3n) is 6.37. The summed E-state index contributed by atoms with van der Waals surface area (Å²) in [5, 5.41) is 9.23. The number of likely N-dealkylation sites (tertiary alicyclic amines) is 1. The minimum atomic E-state index is -0.602. The van der Waals surface area contributed by atoms with Gasteiger partial charge >= 0.3 is 0 Å². The molecular weight excluding hydrogens is 405 g/mol. The molecule has 2 saturated heterocycles. The van der Waals surface area contributed by atoms with Gasteiger partial charge in [-0.15, -0.1) is 0 Å². The number of aromatic nitrogens is 1. The summed E-state index contributed by atoms with van der Waals surface area (Å²) < 4.78 is 20.3. The number of ether oxygens (including phenoxy) is 1. The molecule has 31 heavy (non-hydrogen) atoms. The minimum absolute atomic E-state index is 0.00507. The summed E-state index contributed by atoms with van der Waals surface area (Å²) in [5.74, 6) is -1.17. The Balaban J connectivity index is 1.63. The number of halogens is 1. The molecule has 9 heteroatoms. The first-order valence-corrected chi connectivity index (χ1v) is 10.3. The van der Waals surface area contributed by atoms with E-state index in [1.165, 1.54) is 33.7 Å². The zero-order chi connectivity index (χ0) is 21.7. The van der Waals surface area contributed by atoms with Crippen LogP contribution in [0.2, 0.25) is 0 Å². The Morgan fingerprint density at radius 2 is 2.00 bits per heavy atom. The van der Waals surface area contributed by atoms with Crippen LogP contribution in [0.5, 0.6) is 0 Å². The standard InChI is InChI=1S/C22H22FN3O5/c23-14-1-3-15(4-2-14)25-9-13-8-24(19(28)11-27)6-5-18(13)20(21(25)29)22(30)26-10-17-7-16(26)12-31-17/h1-4,9,16-17,27H,5-8,10-12H2/t16-,17-/m1/s1. The molecule has 2 atom stereocenters. The third-order valence-corrected chi connectivity index (χ3v) is 6.37. The molecule has 3 aliphatic rings. The molecule has 1 N–H and O–H groups in total. The topological polar surface area (TPSA) is 92.1 Å². The van der Waals surface area contributed by atoms with Gasteiger partial charge in [0.05, 0.1) is 18.8 Å². The lowest BCUT2D eigenvalue weighted by atomic mass is 9.95. The summed E-state index contributed by atoms with van der Waals surface area (Å²) in [5.41, 5.74) is 1.38. The molecule has 3 aliphatic heterocycles. The fourth-order valence-corrected chi connectivity index (χ4v) is 4.77. The summed E-state index contributed by atoms with van der Waals surface area (Å²) in [6.07, 6.45) is 2.73. The van der Waals surface area contributed by atoms with Gasteiger partial charge in [0.15, 0.2) is 0 Å². The highest BCUT2D eigenvalue weighted by atomic mass is 19.1. The Kier molecular flexibility index (Phi) is 4.86. The van der Waals surface area contributed by atoms with Crippen molar-refractivity contribution in [2.24, 2.45) is 0 Å². The number of amides is 2. The van der Waals surface area contributed by atoms with E-state index in [0.29, 0.717) is 42.9 Å². The number of hydrogen-bond acceptors (Lipinski definition) is 5. The van der Waals surface area contributed by atoms with Crippen LogP contribution < -0.4 is 5.56 Å². The van der Waals surface area contributed by atoms with Crippen LogP contribution in [0.25, 0.3) is 5.69 Å². The fourth-order valence-electron chi connectivity index (χ4n) is 4.77. The Morgan fingerprint density at radius 1 is 1.23 bits per heavy atom. The van der Waals surface area contributed by atoms with E-state index in [4.69, 9.17) is 4.74 Å². The zero-order valence-electron chi connectivity index (χ0n) is 16.8. The average Bonchev–Trinajstić information content (AvgIpc) is 3.42. The number of aliphatic hydroxyl groups excluding tert-OH is 1. The van der Waals surface area contributed by atoms with Gasteiger partial charge in [0.25, 0.3) is 11.5 Å². The van der Waals surface area contributed by atoms with E-state index in [1.54, 1.807) is 11.1 Å². The molecule has 0 spiro atoms. The molecule has 2 aromatic rings. The molecule has 2 bridgehead atoms. The molecule has 0 saturated carbocycles. The smallest absolute Gasteiger partial charge is 0.268 e. The number of morpholine rings is 1. The van der Waals surface area contributed by atoms with Crippen molar-refractivity contribution in [2.75, 3.05) is 26.3 Å². The Morgan fingerprint density at radius 3 is 2.65 bits per heavy atom. The van der Waals surface area contributed by atoms with E-state index < -0.39 is 23.9 Å². The van der Waals surface area contributed by atoms with Crippen molar-refractivity contribution in [1.82, 2.24) is 14.4 Å². The number of pyridine rings is 1. The summed E-state index contributed by atoms with van der Waals surface area (Å²) >= 11 is 0. The van der Waals surface area contributed by atoms with Gasteiger partial charge in [-0.2, -0.15) is 0 Å². The van der Waals surface area contributed by atoms with Crippen molar-refractivity contribution in [3.63, 3.8) is 0 Å². The van der Waals surface area contributed by atoms with Crippen molar-refractivity contribution < 1.29 is 23.8 Å².